The molecule has 5 rings (SSSR count). The summed E-state index contributed by atoms with van der Waals surface area (Å²) in [6.07, 6.45) is -2.43. The molecule has 0 aliphatic heterocycles. The number of nitrogens with two attached hydrogens (primary N) is 1. The molecule has 36 heavy (non-hydrogen) atoms. The van der Waals surface area contributed by atoms with E-state index in [-0.39, 0.29) is 50.7 Å². The number of carbonyl (C=O) groups is 1. The number of fused-ring (bicyclic) bond motifs is 2. The lowest BCUT2D eigenvalue weighted by Crippen LogP contribution is -2.12. The van der Waals surface area contributed by atoms with Gasteiger partial charge >= 0.3 is 6.18 Å². The third kappa shape index (κ3) is 3.44. The van der Waals surface area contributed by atoms with Crippen molar-refractivity contribution >= 4 is 28.3 Å². The number of benzene rings is 1. The number of anilines is 2. The zero-order chi connectivity index (χ0) is 25.9. The summed E-state index contributed by atoms with van der Waals surface area (Å²) in [6, 6.07) is 7.47. The Kier molecular flexibility index (Phi) is 5.20. The Morgan fingerprint density at radius 1 is 1.06 bits per heavy atom. The molecule has 1 aromatic carbocycles. The Labute approximate surface area is 200 Å². The lowest BCUT2D eigenvalue weighted by Gasteiger charge is -2.17. The summed E-state index contributed by atoms with van der Waals surface area (Å²) in [6.45, 7) is 1.50. The Bertz CT molecular complexity index is 1660. The molecule has 0 saturated carbocycles. The molecule has 3 N–H and O–H groups in total. The number of halogens is 5. The normalized spacial score (nSPS) is 12.0. The minimum absolute atomic E-state index is 0.00520. The van der Waals surface area contributed by atoms with Crippen LogP contribution >= 0.6 is 0 Å². The smallest absolute Gasteiger partial charge is 0.395 e. The monoisotopic (exact) mass is 500 g/mol. The van der Waals surface area contributed by atoms with Gasteiger partial charge in [0.25, 0.3) is 0 Å². The quantitative estimate of drug-likeness (QED) is 0.265. The fourth-order valence-electron chi connectivity index (χ4n) is 4.29. The van der Waals surface area contributed by atoms with Crippen LogP contribution in [0.1, 0.15) is 27.4 Å². The summed E-state index contributed by atoms with van der Waals surface area (Å²) < 4.78 is 73.4. The van der Waals surface area contributed by atoms with Gasteiger partial charge in [-0.25, -0.2) is 8.78 Å². The first-order valence-electron chi connectivity index (χ1n) is 10.6. The van der Waals surface area contributed by atoms with Gasteiger partial charge in [-0.2, -0.15) is 13.2 Å². The average Bonchev–Trinajstić information content (AvgIpc) is 3.42. The second kappa shape index (κ2) is 8.04. The van der Waals surface area contributed by atoms with Crippen LogP contribution in [-0.2, 0) is 6.18 Å². The molecule has 0 bridgehead atoms. The lowest BCUT2D eigenvalue weighted by molar-refractivity contribution is -0.137. The first-order chi connectivity index (χ1) is 17.0. The molecule has 0 aliphatic carbocycles. The summed E-state index contributed by atoms with van der Waals surface area (Å²) >= 11 is 0. The first-order valence-corrected chi connectivity index (χ1v) is 10.6. The standard InChI is InChI=1S/C24H17F5N6O/c1-11-32-33-23-20(30)19(14(10-35(11)23)24(27,28)29)13-4-3-7-34-17(13)5-6-18(34)22(36)12-8-15(25)21(31-2)16(26)9-12/h3-10,31H,30H2,1-2H3. The number of nitrogens with one attached hydrogen (secondary N) is 1. The predicted octanol–water partition coefficient (Wildman–Crippen LogP) is 5.11. The fraction of sp³-hybridized carbons (Fsp3) is 0.125. The third-order valence-corrected chi connectivity index (χ3v) is 5.96. The van der Waals surface area contributed by atoms with Gasteiger partial charge in [0.1, 0.15) is 23.1 Å². The van der Waals surface area contributed by atoms with Crippen LogP contribution in [0.2, 0.25) is 0 Å². The van der Waals surface area contributed by atoms with E-state index in [1.807, 2.05) is 0 Å². The number of nitrogens with zero attached hydrogens (tertiary/aromatic N) is 4. The van der Waals surface area contributed by atoms with Crippen LogP contribution in [0.15, 0.2) is 48.8 Å². The molecule has 0 fully saturated rings. The second-order valence-corrected chi connectivity index (χ2v) is 8.06. The number of ketones is 1. The number of rotatable bonds is 4. The van der Waals surface area contributed by atoms with Crippen LogP contribution in [-0.4, -0.2) is 31.8 Å². The zero-order valence-electron chi connectivity index (χ0n) is 18.8. The number of aryl methyl sites for hydroxylation is 1. The molecule has 0 atom stereocenters. The zero-order valence-corrected chi connectivity index (χ0v) is 18.8. The van der Waals surface area contributed by atoms with Crippen molar-refractivity contribution in [3.63, 3.8) is 0 Å². The maximum Gasteiger partial charge on any atom is 0.418 e. The number of alkyl halides is 3. The van der Waals surface area contributed by atoms with Crippen molar-refractivity contribution in [1.29, 1.82) is 0 Å². The van der Waals surface area contributed by atoms with Gasteiger partial charge in [-0.15, -0.1) is 10.2 Å². The molecule has 184 valence electrons. The molecule has 0 radical (unpaired) electrons. The predicted molar refractivity (Wildman–Crippen MR) is 123 cm³/mol. The molecule has 0 aliphatic rings. The van der Waals surface area contributed by atoms with Gasteiger partial charge in [0.05, 0.1) is 22.5 Å². The van der Waals surface area contributed by atoms with E-state index in [1.165, 1.54) is 48.8 Å². The van der Waals surface area contributed by atoms with Gasteiger partial charge in [-0.3, -0.25) is 9.20 Å². The van der Waals surface area contributed by atoms with Crippen molar-refractivity contribution in [3.05, 3.63) is 83.1 Å². The number of hydrogen-bond acceptors (Lipinski definition) is 5. The van der Waals surface area contributed by atoms with Crippen LogP contribution in [0.3, 0.4) is 0 Å². The number of carbonyl (C=O) groups excluding carboxylic acids is 1. The summed E-state index contributed by atoms with van der Waals surface area (Å²) in [4.78, 5) is 13.1. The molecule has 12 heteroatoms. The number of aromatic nitrogens is 4. The van der Waals surface area contributed by atoms with E-state index in [2.05, 4.69) is 15.5 Å². The fourth-order valence-corrected chi connectivity index (χ4v) is 4.29. The minimum Gasteiger partial charge on any atom is -0.395 e. The molecule has 0 amide bonds. The van der Waals surface area contributed by atoms with Gasteiger partial charge in [-0.1, -0.05) is 6.07 Å². The lowest BCUT2D eigenvalue weighted by atomic mass is 9.99. The summed E-state index contributed by atoms with van der Waals surface area (Å²) in [7, 11) is 1.34. The van der Waals surface area contributed by atoms with Crippen molar-refractivity contribution < 1.29 is 26.7 Å². The molecule has 0 saturated heterocycles. The number of hydrogen-bond donors (Lipinski definition) is 2. The first kappa shape index (κ1) is 23.3. The second-order valence-electron chi connectivity index (χ2n) is 8.06. The number of nitrogen functional groups attached to an aromatic ring is 1. The van der Waals surface area contributed by atoms with Crippen LogP contribution in [0.25, 0.3) is 22.3 Å². The van der Waals surface area contributed by atoms with Crippen LogP contribution in [0.4, 0.5) is 33.3 Å². The largest absolute Gasteiger partial charge is 0.418 e. The van der Waals surface area contributed by atoms with Crippen LogP contribution in [0.5, 0.6) is 0 Å². The van der Waals surface area contributed by atoms with E-state index >= 15 is 0 Å². The van der Waals surface area contributed by atoms with E-state index < -0.39 is 29.2 Å². The van der Waals surface area contributed by atoms with Gasteiger partial charge in [0.2, 0.25) is 5.78 Å². The molecule has 0 unspecified atom stereocenters. The molecule has 4 heterocycles. The maximum absolute atomic E-state index is 14.2. The Morgan fingerprint density at radius 2 is 1.75 bits per heavy atom. The summed E-state index contributed by atoms with van der Waals surface area (Å²) in [5.74, 6) is -2.41. The van der Waals surface area contributed by atoms with E-state index in [9.17, 15) is 26.7 Å². The van der Waals surface area contributed by atoms with Gasteiger partial charge in [-0.05, 0) is 37.3 Å². The molecule has 0 spiro atoms. The third-order valence-electron chi connectivity index (χ3n) is 5.96. The van der Waals surface area contributed by atoms with Gasteiger partial charge in [0, 0.05) is 36.1 Å². The Morgan fingerprint density at radius 3 is 2.39 bits per heavy atom. The summed E-state index contributed by atoms with van der Waals surface area (Å²) in [5.41, 5.74) is 4.34. The molecule has 5 aromatic rings. The highest BCUT2D eigenvalue weighted by Crippen LogP contribution is 2.43. The van der Waals surface area contributed by atoms with E-state index in [0.29, 0.717) is 0 Å². The number of pyridine rings is 2. The van der Waals surface area contributed by atoms with Crippen molar-refractivity contribution in [2.45, 2.75) is 13.1 Å². The molecule has 4 aromatic heterocycles. The van der Waals surface area contributed by atoms with Crippen molar-refractivity contribution in [3.8, 4) is 11.1 Å². The molecular weight excluding hydrogens is 483 g/mol. The Balaban J connectivity index is 1.73. The van der Waals surface area contributed by atoms with Crippen LogP contribution < -0.4 is 11.1 Å². The highest BCUT2D eigenvalue weighted by molar-refractivity contribution is 6.09. The SMILES string of the molecule is CNc1c(F)cc(C(=O)c2ccc3c(-c4c(C(F)(F)F)cn5c(C)nnc5c4N)cccn23)cc1F. The van der Waals surface area contributed by atoms with E-state index in [1.54, 1.807) is 0 Å². The van der Waals surface area contributed by atoms with Crippen molar-refractivity contribution in [2.75, 3.05) is 18.1 Å². The molecule has 7 nitrogen and oxygen atoms in total. The minimum atomic E-state index is -4.77. The van der Waals surface area contributed by atoms with Gasteiger partial charge < -0.3 is 15.5 Å². The van der Waals surface area contributed by atoms with Crippen LogP contribution in [0, 0.1) is 18.6 Å². The average molecular weight is 500 g/mol. The van der Waals surface area contributed by atoms with Crippen molar-refractivity contribution in [1.82, 2.24) is 19.0 Å². The maximum atomic E-state index is 14.2. The Hall–Kier alpha value is -4.48. The highest BCUT2D eigenvalue weighted by Gasteiger charge is 2.37. The molecular formula is C24H17F5N6O. The topological polar surface area (TPSA) is 89.7 Å². The van der Waals surface area contributed by atoms with E-state index in [0.717, 1.165) is 22.7 Å². The highest BCUT2D eigenvalue weighted by atomic mass is 19.4. The van der Waals surface area contributed by atoms with Gasteiger partial charge in [0.15, 0.2) is 5.65 Å². The van der Waals surface area contributed by atoms with E-state index in [4.69, 9.17) is 5.73 Å². The summed E-state index contributed by atoms with van der Waals surface area (Å²) in [5, 5.41) is 10.1. The van der Waals surface area contributed by atoms with Crippen molar-refractivity contribution in [2.24, 2.45) is 0 Å².